The van der Waals surface area contributed by atoms with Crippen LogP contribution in [-0.2, 0) is 14.8 Å². The molecule has 2 saturated heterocycles. The molecule has 0 radical (unpaired) electrons. The van der Waals surface area contributed by atoms with Gasteiger partial charge in [-0.2, -0.15) is 4.31 Å². The molecule has 3 rings (SSSR count). The quantitative estimate of drug-likeness (QED) is 0.648. The maximum atomic E-state index is 12.9. The number of piperidine rings is 1. The highest BCUT2D eigenvalue weighted by atomic mass is 32.2. The molecule has 1 N–H and O–H groups in total. The Bertz CT molecular complexity index is 763. The topological polar surface area (TPSA) is 69.7 Å². The van der Waals surface area contributed by atoms with Gasteiger partial charge in [0.15, 0.2) is 0 Å². The molecule has 28 heavy (non-hydrogen) atoms. The van der Waals surface area contributed by atoms with Gasteiger partial charge in [-0.15, -0.1) is 11.3 Å². The summed E-state index contributed by atoms with van der Waals surface area (Å²) in [7, 11) is -3.58. The van der Waals surface area contributed by atoms with E-state index in [1.807, 2.05) is 13.0 Å². The Morgan fingerprint density at radius 1 is 1.18 bits per heavy atom. The number of carbonyl (C=O) groups is 1. The fourth-order valence-electron chi connectivity index (χ4n) is 4.22. The van der Waals surface area contributed by atoms with Gasteiger partial charge >= 0.3 is 0 Å². The van der Waals surface area contributed by atoms with Crippen LogP contribution in [-0.4, -0.2) is 61.8 Å². The van der Waals surface area contributed by atoms with Gasteiger partial charge in [-0.1, -0.05) is 6.42 Å². The Balaban J connectivity index is 1.46. The number of nitrogens with zero attached hydrogens (tertiary/aromatic N) is 2. The lowest BCUT2D eigenvalue weighted by atomic mass is 10.0. The fraction of sp³-hybridized carbons (Fsp3) is 0.750. The second-order valence-corrected chi connectivity index (χ2v) is 11.4. The normalized spacial score (nSPS) is 24.5. The molecule has 1 aromatic rings. The molecule has 2 aliphatic heterocycles. The van der Waals surface area contributed by atoms with E-state index in [0.717, 1.165) is 30.7 Å². The number of likely N-dealkylation sites (tertiary alicyclic amines) is 1. The molecule has 1 amide bonds. The maximum Gasteiger partial charge on any atom is 0.253 e. The summed E-state index contributed by atoms with van der Waals surface area (Å²) < 4.78 is 27.5. The van der Waals surface area contributed by atoms with Crippen LogP contribution in [0.25, 0.3) is 0 Å². The van der Waals surface area contributed by atoms with E-state index in [-0.39, 0.29) is 5.91 Å². The van der Waals surface area contributed by atoms with E-state index in [0.29, 0.717) is 29.8 Å². The van der Waals surface area contributed by atoms with Crippen LogP contribution in [0.1, 0.15) is 56.7 Å². The molecule has 2 unspecified atom stereocenters. The first-order valence-electron chi connectivity index (χ1n) is 10.5. The van der Waals surface area contributed by atoms with E-state index in [1.54, 1.807) is 6.07 Å². The van der Waals surface area contributed by atoms with Gasteiger partial charge in [0.25, 0.3) is 10.0 Å². The van der Waals surface area contributed by atoms with Crippen molar-refractivity contribution in [3.8, 4) is 0 Å². The third kappa shape index (κ3) is 5.14. The molecule has 158 valence electrons. The van der Waals surface area contributed by atoms with Gasteiger partial charge in [0.2, 0.25) is 5.91 Å². The number of amides is 1. The highest BCUT2D eigenvalue weighted by Crippen LogP contribution is 2.30. The van der Waals surface area contributed by atoms with Crippen molar-refractivity contribution in [1.29, 1.82) is 0 Å². The molecule has 8 heteroatoms. The molecule has 0 spiro atoms. The number of hydrogen-bond donors (Lipinski definition) is 1. The summed E-state index contributed by atoms with van der Waals surface area (Å²) in [4.78, 5) is 16.1. The zero-order valence-electron chi connectivity index (χ0n) is 17.0. The van der Waals surface area contributed by atoms with Gasteiger partial charge in [0.05, 0.1) is 0 Å². The SMILES string of the molecule is Cc1ccc(S(=O)(=O)N2CCCC2C(=O)NCCCCN2CCCCC2C)s1. The summed E-state index contributed by atoms with van der Waals surface area (Å²) in [6.45, 7) is 7.49. The molecular weight excluding hydrogens is 394 g/mol. The van der Waals surface area contributed by atoms with Crippen molar-refractivity contribution in [2.24, 2.45) is 0 Å². The molecule has 1 aromatic heterocycles. The van der Waals surface area contributed by atoms with Gasteiger partial charge in [0, 0.05) is 24.0 Å². The van der Waals surface area contributed by atoms with Crippen LogP contribution in [0, 0.1) is 6.92 Å². The van der Waals surface area contributed by atoms with Crippen molar-refractivity contribution < 1.29 is 13.2 Å². The van der Waals surface area contributed by atoms with Crippen molar-refractivity contribution in [1.82, 2.24) is 14.5 Å². The number of rotatable bonds is 8. The number of carbonyl (C=O) groups excluding carboxylic acids is 1. The van der Waals surface area contributed by atoms with Crippen molar-refractivity contribution in [3.63, 3.8) is 0 Å². The molecule has 2 atom stereocenters. The number of unbranched alkanes of at least 4 members (excludes halogenated alkanes) is 1. The first kappa shape index (κ1) is 21.7. The van der Waals surface area contributed by atoms with E-state index >= 15 is 0 Å². The molecule has 0 bridgehead atoms. The predicted octanol–water partition coefficient (Wildman–Crippen LogP) is 2.98. The summed E-state index contributed by atoms with van der Waals surface area (Å²) in [6.07, 6.45) is 7.22. The minimum Gasteiger partial charge on any atom is -0.355 e. The van der Waals surface area contributed by atoms with Crippen LogP contribution >= 0.6 is 11.3 Å². The zero-order valence-corrected chi connectivity index (χ0v) is 18.7. The lowest BCUT2D eigenvalue weighted by Gasteiger charge is -2.33. The third-order valence-corrected chi connectivity index (χ3v) is 9.27. The molecular formula is C20H33N3O3S2. The Morgan fingerprint density at radius 2 is 2.00 bits per heavy atom. The van der Waals surface area contributed by atoms with Gasteiger partial charge in [-0.3, -0.25) is 4.79 Å². The Kier molecular flexibility index (Phi) is 7.53. The number of sulfonamides is 1. The second-order valence-electron chi connectivity index (χ2n) is 8.02. The minimum atomic E-state index is -3.58. The molecule has 3 heterocycles. The van der Waals surface area contributed by atoms with Crippen LogP contribution in [0.15, 0.2) is 16.3 Å². The fourth-order valence-corrected chi connectivity index (χ4v) is 7.28. The number of hydrogen-bond acceptors (Lipinski definition) is 5. The van der Waals surface area contributed by atoms with Gasteiger partial charge in [-0.25, -0.2) is 8.42 Å². The average molecular weight is 428 g/mol. The average Bonchev–Trinajstić information content (AvgIpc) is 3.32. The highest BCUT2D eigenvalue weighted by molar-refractivity contribution is 7.91. The Hall–Kier alpha value is -0.960. The van der Waals surface area contributed by atoms with E-state index in [4.69, 9.17) is 0 Å². The summed E-state index contributed by atoms with van der Waals surface area (Å²) >= 11 is 1.27. The van der Waals surface area contributed by atoms with E-state index in [2.05, 4.69) is 17.1 Å². The number of aryl methyl sites for hydroxylation is 1. The van der Waals surface area contributed by atoms with Crippen molar-refractivity contribution in [2.45, 2.75) is 75.1 Å². The molecule has 0 aromatic carbocycles. The summed E-state index contributed by atoms with van der Waals surface area (Å²) in [5, 5.41) is 2.97. The predicted molar refractivity (Wildman–Crippen MR) is 113 cm³/mol. The van der Waals surface area contributed by atoms with Crippen molar-refractivity contribution >= 4 is 27.3 Å². The van der Waals surface area contributed by atoms with Gasteiger partial charge < -0.3 is 10.2 Å². The van der Waals surface area contributed by atoms with Crippen molar-refractivity contribution in [3.05, 3.63) is 17.0 Å². The molecule has 2 aliphatic rings. The lowest BCUT2D eigenvalue weighted by Crippen LogP contribution is -2.46. The minimum absolute atomic E-state index is 0.152. The van der Waals surface area contributed by atoms with Crippen LogP contribution in [0.5, 0.6) is 0 Å². The largest absolute Gasteiger partial charge is 0.355 e. The van der Waals surface area contributed by atoms with Crippen LogP contribution in [0.4, 0.5) is 0 Å². The standard InChI is InChI=1S/C20H33N3O3S2/c1-16-8-3-5-13-22(16)14-6-4-12-21-20(24)18-9-7-15-23(18)28(25,26)19-11-10-17(2)27-19/h10-11,16,18H,3-9,12-15H2,1-2H3,(H,21,24). The van der Waals surface area contributed by atoms with Gasteiger partial charge in [-0.05, 0) is 77.6 Å². The first-order chi connectivity index (χ1) is 13.4. The van der Waals surface area contributed by atoms with Gasteiger partial charge in [0.1, 0.15) is 10.3 Å². The summed E-state index contributed by atoms with van der Waals surface area (Å²) in [6, 6.07) is 3.55. The maximum absolute atomic E-state index is 12.9. The van der Waals surface area contributed by atoms with Crippen molar-refractivity contribution in [2.75, 3.05) is 26.2 Å². The molecule has 6 nitrogen and oxygen atoms in total. The van der Waals surface area contributed by atoms with E-state index in [9.17, 15) is 13.2 Å². The lowest BCUT2D eigenvalue weighted by molar-refractivity contribution is -0.124. The highest BCUT2D eigenvalue weighted by Gasteiger charge is 2.39. The number of nitrogens with one attached hydrogen (secondary N) is 1. The number of thiophene rings is 1. The Morgan fingerprint density at radius 3 is 2.71 bits per heavy atom. The van der Waals surface area contributed by atoms with Crippen LogP contribution in [0.2, 0.25) is 0 Å². The Labute approximate surface area is 173 Å². The summed E-state index contributed by atoms with van der Waals surface area (Å²) in [5.74, 6) is -0.152. The molecule has 2 fully saturated rings. The monoisotopic (exact) mass is 427 g/mol. The van der Waals surface area contributed by atoms with E-state index < -0.39 is 16.1 Å². The smallest absolute Gasteiger partial charge is 0.253 e. The van der Waals surface area contributed by atoms with Crippen LogP contribution in [0.3, 0.4) is 0 Å². The molecule has 0 saturated carbocycles. The summed E-state index contributed by atoms with van der Waals surface area (Å²) in [5.41, 5.74) is 0. The second kappa shape index (κ2) is 9.69. The third-order valence-electron chi connectivity index (χ3n) is 5.90. The molecule has 0 aliphatic carbocycles. The first-order valence-corrected chi connectivity index (χ1v) is 12.8. The van der Waals surface area contributed by atoms with E-state index in [1.165, 1.54) is 41.4 Å². The zero-order chi connectivity index (χ0) is 20.1. The van der Waals surface area contributed by atoms with Crippen LogP contribution < -0.4 is 5.32 Å².